The van der Waals surface area contributed by atoms with E-state index in [-0.39, 0.29) is 63.4 Å². The number of fused-ring (bicyclic) bond motifs is 2. The summed E-state index contributed by atoms with van der Waals surface area (Å²) in [5.74, 6) is -0.918. The SMILES string of the molecule is CCc1ccccc1/C=C/C[C@H](C)[C@@H]1CNC[C@]2(O)[C@H](Oc3ccc4c(=O)c(-c5ccc(O)cc5)coc4c3)O[C@H](C(=O)O)[C@@H](O)[C@]2(C=O)OCSSC[C@@H]1c1cc[nH]c1. The zero-order valence-electron chi connectivity index (χ0n) is 33.1. The second kappa shape index (κ2) is 18.8. The average molecular weight is 857 g/mol. The molecule has 6 N–H and O–H groups in total. The Hall–Kier alpha value is -4.87. The van der Waals surface area contributed by atoms with Crippen LogP contribution >= 0.6 is 21.6 Å². The van der Waals surface area contributed by atoms with Gasteiger partial charge in [0.1, 0.15) is 35.4 Å². The molecule has 0 unspecified atom stereocenters. The molecule has 13 nitrogen and oxygen atoms in total. The number of H-pyrrole nitrogens is 1. The van der Waals surface area contributed by atoms with Crippen molar-refractivity contribution < 1.29 is 48.6 Å². The molecule has 15 heteroatoms. The standard InChI is InChI=1S/C45H48N2O11S2/c1-3-28-8-4-5-9-29(28)10-6-7-27(2)35-21-47-24-44(54)43(57-33-15-16-34-38(19-33)55-22-36(39(34)50)30-11-13-32(49)14-12-30)58-40(42(52)53)41(51)45(44,25-48)56-26-60-59-23-37(35)31-17-18-46-20-31/h4-6,8-20,22,25,27,35,37,40-41,43,46-47,49,51,54H,3,7,21,23-24,26H2,1-2H3,(H,52,53)/b10-6+/t27-,35-,37+,40-,41+,43+,44-,45-/m0/s1. The molecule has 0 bridgehead atoms. The second-order valence-electron chi connectivity index (χ2n) is 15.2. The third-order valence-electron chi connectivity index (χ3n) is 11.6. The van der Waals surface area contributed by atoms with Crippen molar-refractivity contribution in [3.8, 4) is 22.6 Å². The van der Waals surface area contributed by atoms with Gasteiger partial charge in [-0.3, -0.25) is 9.59 Å². The van der Waals surface area contributed by atoms with Crippen molar-refractivity contribution in [2.24, 2.45) is 11.8 Å². The van der Waals surface area contributed by atoms with Gasteiger partial charge < -0.3 is 49.4 Å². The largest absolute Gasteiger partial charge is 0.508 e. The fourth-order valence-corrected chi connectivity index (χ4v) is 10.2. The number of hydrogen-bond acceptors (Lipinski definition) is 13. The number of hydrogen-bond donors (Lipinski definition) is 6. The number of aldehydes is 1. The van der Waals surface area contributed by atoms with E-state index < -0.39 is 42.2 Å². The molecular weight excluding hydrogens is 809 g/mol. The molecule has 0 spiro atoms. The van der Waals surface area contributed by atoms with Crippen LogP contribution in [-0.4, -0.2) is 92.1 Å². The Morgan fingerprint density at radius 1 is 1.10 bits per heavy atom. The number of aliphatic hydroxyl groups excluding tert-OH is 1. The first-order valence-corrected chi connectivity index (χ1v) is 22.2. The zero-order chi connectivity index (χ0) is 42.4. The molecule has 316 valence electrons. The van der Waals surface area contributed by atoms with Gasteiger partial charge in [0.25, 0.3) is 0 Å². The normalized spacial score (nSPS) is 27.0. The fourth-order valence-electron chi connectivity index (χ4n) is 8.17. The highest BCUT2D eigenvalue weighted by Gasteiger charge is 2.69. The molecule has 2 aromatic heterocycles. The van der Waals surface area contributed by atoms with Crippen LogP contribution in [0.4, 0.5) is 0 Å². The van der Waals surface area contributed by atoms with Gasteiger partial charge in [-0.15, -0.1) is 0 Å². The summed E-state index contributed by atoms with van der Waals surface area (Å²) in [4.78, 5) is 42.5. The lowest BCUT2D eigenvalue weighted by molar-refractivity contribution is -0.340. The van der Waals surface area contributed by atoms with Crippen LogP contribution in [0.25, 0.3) is 28.2 Å². The maximum Gasteiger partial charge on any atom is 0.335 e. The number of aromatic nitrogens is 1. The summed E-state index contributed by atoms with van der Waals surface area (Å²) >= 11 is 0. The van der Waals surface area contributed by atoms with Crippen molar-refractivity contribution in [3.63, 3.8) is 0 Å². The van der Waals surface area contributed by atoms with Crippen molar-refractivity contribution in [2.75, 3.05) is 24.8 Å². The number of benzene rings is 3. The summed E-state index contributed by atoms with van der Waals surface area (Å²) in [5, 5.41) is 47.8. The van der Waals surface area contributed by atoms with Crippen LogP contribution in [0.3, 0.4) is 0 Å². The number of rotatable bonds is 11. The molecule has 3 aromatic carbocycles. The van der Waals surface area contributed by atoms with Crippen LogP contribution in [0, 0.1) is 11.8 Å². The highest BCUT2D eigenvalue weighted by atomic mass is 33.1. The maximum atomic E-state index is 13.5. The summed E-state index contributed by atoms with van der Waals surface area (Å²) in [6.45, 7) is 4.24. The summed E-state index contributed by atoms with van der Waals surface area (Å²) in [6, 6.07) is 20.7. The third kappa shape index (κ3) is 8.66. The number of nitrogens with one attached hydrogen (secondary N) is 2. The molecule has 0 radical (unpaired) electrons. The first kappa shape index (κ1) is 43.2. The van der Waals surface area contributed by atoms with Crippen LogP contribution in [0.15, 0.2) is 107 Å². The third-order valence-corrected chi connectivity index (χ3v) is 13.7. The number of carboxylic acid groups (broad SMARTS) is 1. The smallest absolute Gasteiger partial charge is 0.335 e. The maximum absolute atomic E-state index is 13.5. The highest BCUT2D eigenvalue weighted by Crippen LogP contribution is 2.44. The van der Waals surface area contributed by atoms with Gasteiger partial charge in [0, 0.05) is 30.8 Å². The number of carboxylic acids is 1. The van der Waals surface area contributed by atoms with Gasteiger partial charge in [0.2, 0.25) is 6.29 Å². The second-order valence-corrected chi connectivity index (χ2v) is 17.6. The Morgan fingerprint density at radius 2 is 1.90 bits per heavy atom. The molecule has 5 aromatic rings. The Bertz CT molecular complexity index is 2350. The zero-order valence-corrected chi connectivity index (χ0v) is 34.7. The summed E-state index contributed by atoms with van der Waals surface area (Å²) < 4.78 is 24.0. The van der Waals surface area contributed by atoms with E-state index >= 15 is 0 Å². The van der Waals surface area contributed by atoms with E-state index in [1.807, 2.05) is 24.5 Å². The Kier molecular flexibility index (Phi) is 13.6. The van der Waals surface area contributed by atoms with Gasteiger partial charge in [-0.25, -0.2) is 4.79 Å². The van der Waals surface area contributed by atoms with E-state index in [1.54, 1.807) is 12.1 Å². The monoisotopic (exact) mass is 856 g/mol. The average Bonchev–Trinajstić information content (AvgIpc) is 3.78. The summed E-state index contributed by atoms with van der Waals surface area (Å²) in [5.41, 5.74) is -0.962. The number of carbonyl (C=O) groups excluding carboxylic acids is 1. The van der Waals surface area contributed by atoms with Crippen molar-refractivity contribution in [1.29, 1.82) is 0 Å². The van der Waals surface area contributed by atoms with Crippen LogP contribution < -0.4 is 15.5 Å². The van der Waals surface area contributed by atoms with Gasteiger partial charge in [0.05, 0.1) is 10.9 Å². The van der Waals surface area contributed by atoms with Gasteiger partial charge in [-0.05, 0) is 89.7 Å². The first-order valence-electron chi connectivity index (χ1n) is 19.7. The van der Waals surface area contributed by atoms with Crippen LogP contribution in [0.2, 0.25) is 0 Å². The van der Waals surface area contributed by atoms with Crippen molar-refractivity contribution >= 4 is 50.9 Å². The molecular formula is C45H48N2O11S2. The quantitative estimate of drug-likeness (QED) is 0.0632. The van der Waals surface area contributed by atoms with Gasteiger partial charge in [-0.2, -0.15) is 0 Å². The number of aryl methyl sites for hydroxylation is 1. The number of phenolic OH excluding ortho intramolecular Hbond substituents is 1. The molecule has 2 aliphatic heterocycles. The first-order chi connectivity index (χ1) is 29.0. The number of β-amino-alcohol motifs (C(OH)–C–C–N with tert-alkyl or cyclic N) is 1. The predicted molar refractivity (Wildman–Crippen MR) is 231 cm³/mol. The lowest BCUT2D eigenvalue weighted by Crippen LogP contribution is -2.80. The number of allylic oxidation sites excluding steroid dienone is 1. The molecule has 2 saturated heterocycles. The van der Waals surface area contributed by atoms with E-state index in [2.05, 4.69) is 54.5 Å². The molecule has 60 heavy (non-hydrogen) atoms. The molecule has 0 amide bonds. The van der Waals surface area contributed by atoms with E-state index in [9.17, 15) is 34.8 Å². The Balaban J connectivity index is 1.21. The predicted octanol–water partition coefficient (Wildman–Crippen LogP) is 6.37. The van der Waals surface area contributed by atoms with Crippen LogP contribution in [-0.2, 0) is 25.5 Å². The summed E-state index contributed by atoms with van der Waals surface area (Å²) in [6.07, 6.45) is 5.32. The van der Waals surface area contributed by atoms with Gasteiger partial charge >= 0.3 is 5.97 Å². The van der Waals surface area contributed by atoms with Crippen molar-refractivity contribution in [3.05, 3.63) is 124 Å². The van der Waals surface area contributed by atoms with Gasteiger partial charge in [0.15, 0.2) is 29.0 Å². The lowest BCUT2D eigenvalue weighted by Gasteiger charge is -2.53. The Morgan fingerprint density at radius 3 is 2.63 bits per heavy atom. The van der Waals surface area contributed by atoms with Crippen LogP contribution in [0.1, 0.15) is 42.9 Å². The van der Waals surface area contributed by atoms with Crippen molar-refractivity contribution in [1.82, 2.24) is 10.3 Å². The number of aromatic amines is 1. The highest BCUT2D eigenvalue weighted by molar-refractivity contribution is 8.76. The topological polar surface area (TPSA) is 201 Å². The van der Waals surface area contributed by atoms with Gasteiger partial charge in [-0.1, -0.05) is 84.0 Å². The minimum atomic E-state index is -2.53. The molecule has 0 saturated carbocycles. The molecule has 7 rings (SSSR count). The Labute approximate surface area is 354 Å². The fraction of sp³-hybridized carbons (Fsp3) is 0.356. The van der Waals surface area contributed by atoms with Crippen LogP contribution in [0.5, 0.6) is 11.5 Å². The number of aromatic hydroxyl groups is 1. The molecule has 4 heterocycles. The number of phenols is 1. The minimum absolute atomic E-state index is 0.00767. The van der Waals surface area contributed by atoms with E-state index in [0.29, 0.717) is 17.9 Å². The van der Waals surface area contributed by atoms with Crippen molar-refractivity contribution in [2.45, 2.75) is 62.3 Å². The van der Waals surface area contributed by atoms with E-state index in [4.69, 9.17) is 18.6 Å². The number of aliphatic carboxylic acids is 1. The summed E-state index contributed by atoms with van der Waals surface area (Å²) in [7, 11) is 2.78. The molecule has 2 fully saturated rings. The number of aliphatic hydroxyl groups is 2. The number of ether oxygens (including phenoxy) is 3. The van der Waals surface area contributed by atoms with E-state index in [1.165, 1.54) is 69.3 Å². The minimum Gasteiger partial charge on any atom is -0.508 e. The van der Waals surface area contributed by atoms with E-state index in [0.717, 1.165) is 18.4 Å². The molecule has 8 atom stereocenters. The molecule has 2 aliphatic rings. The molecule has 0 aliphatic carbocycles. The lowest BCUT2D eigenvalue weighted by atomic mass is 9.73. The number of carbonyl (C=O) groups is 2.